The fourth-order valence-electron chi connectivity index (χ4n) is 1.76. The van der Waals surface area contributed by atoms with Crippen molar-refractivity contribution < 1.29 is 8.42 Å². The Hall–Kier alpha value is -1.14. The highest BCUT2D eigenvalue weighted by molar-refractivity contribution is 7.92. The van der Waals surface area contributed by atoms with E-state index >= 15 is 0 Å². The van der Waals surface area contributed by atoms with Gasteiger partial charge in [-0.05, 0) is 17.7 Å². The maximum atomic E-state index is 10.5. The number of rotatable bonds is 1. The summed E-state index contributed by atoms with van der Waals surface area (Å²) < 4.78 is 23.5. The standard InChI is InChI=1S/C10H8.C3H8N2O2S.ClH/c1-2-6-10-8-4-3-7-9(10)5-1;1-3-5-4(2)8(5,6)7;/h1-8H;3H2,1-2H3;1H. The van der Waals surface area contributed by atoms with Gasteiger partial charge in [0.25, 0.3) is 0 Å². The van der Waals surface area contributed by atoms with Crippen LogP contribution in [-0.4, -0.2) is 30.8 Å². The summed E-state index contributed by atoms with van der Waals surface area (Å²) in [4.78, 5) is 0. The number of benzene rings is 2. The normalized spacial score (nSPS) is 22.8. The highest BCUT2D eigenvalue weighted by Gasteiger charge is 2.47. The largest absolute Gasteiger partial charge is 0.309 e. The molecular formula is C13H17ClN2O2S. The Labute approximate surface area is 120 Å². The molecule has 1 fully saturated rings. The molecule has 6 heteroatoms. The van der Waals surface area contributed by atoms with E-state index in [0.717, 1.165) is 0 Å². The van der Waals surface area contributed by atoms with Crippen LogP contribution in [0, 0.1) is 0 Å². The zero-order chi connectivity index (χ0) is 13.2. The molecule has 0 N–H and O–H groups in total. The van der Waals surface area contributed by atoms with Crippen molar-refractivity contribution in [2.45, 2.75) is 6.92 Å². The highest BCUT2D eigenvalue weighted by atomic mass is 35.5. The number of nitrogens with zero attached hydrogens (tertiary/aromatic N) is 2. The minimum atomic E-state index is -2.92. The molecule has 3 rings (SSSR count). The van der Waals surface area contributed by atoms with Crippen molar-refractivity contribution in [1.29, 1.82) is 0 Å². The van der Waals surface area contributed by atoms with Gasteiger partial charge in [-0.2, -0.15) is 8.42 Å². The van der Waals surface area contributed by atoms with Gasteiger partial charge < -0.3 is 0 Å². The SMILES string of the molecule is CCN1N(C)S1(=O)=O.Cl.c1ccc2ccccc2c1. The number of hydrogen-bond donors (Lipinski definition) is 0. The van der Waals surface area contributed by atoms with Crippen LogP contribution in [0.15, 0.2) is 48.5 Å². The third-order valence-corrected chi connectivity index (χ3v) is 4.57. The van der Waals surface area contributed by atoms with Crippen molar-refractivity contribution in [3.05, 3.63) is 48.5 Å². The fourth-order valence-corrected chi connectivity index (χ4v) is 2.88. The predicted octanol–water partition coefficient (Wildman–Crippen LogP) is 2.68. The lowest BCUT2D eigenvalue weighted by Gasteiger charge is -1.92. The van der Waals surface area contributed by atoms with Crippen LogP contribution in [0.1, 0.15) is 6.92 Å². The lowest BCUT2D eigenvalue weighted by Crippen LogP contribution is -1.99. The molecule has 1 saturated heterocycles. The second-order valence-corrected chi connectivity index (χ2v) is 5.77. The molecule has 1 aliphatic rings. The number of hydrogen-bond acceptors (Lipinski definition) is 2. The molecule has 0 radical (unpaired) electrons. The molecule has 1 aliphatic heterocycles. The topological polar surface area (TPSA) is 40.2 Å². The summed E-state index contributed by atoms with van der Waals surface area (Å²) in [6, 6.07) is 16.7. The first kappa shape index (κ1) is 15.9. The minimum Gasteiger partial charge on any atom is -0.192 e. The van der Waals surface area contributed by atoms with Gasteiger partial charge in [0.1, 0.15) is 0 Å². The third-order valence-electron chi connectivity index (χ3n) is 2.82. The third kappa shape index (κ3) is 3.45. The van der Waals surface area contributed by atoms with Gasteiger partial charge in [0, 0.05) is 13.6 Å². The summed E-state index contributed by atoms with van der Waals surface area (Å²) in [5.74, 6) is 0. The average Bonchev–Trinajstić information content (AvgIpc) is 2.88. The van der Waals surface area contributed by atoms with Gasteiger partial charge in [0.2, 0.25) is 0 Å². The molecule has 19 heavy (non-hydrogen) atoms. The van der Waals surface area contributed by atoms with E-state index in [-0.39, 0.29) is 12.4 Å². The molecular weight excluding hydrogens is 284 g/mol. The monoisotopic (exact) mass is 300 g/mol. The van der Waals surface area contributed by atoms with Crippen molar-refractivity contribution in [1.82, 2.24) is 8.83 Å². The summed E-state index contributed by atoms with van der Waals surface area (Å²) in [6.07, 6.45) is 0. The van der Waals surface area contributed by atoms with Crippen molar-refractivity contribution in [2.24, 2.45) is 0 Å². The first-order valence-corrected chi connectivity index (χ1v) is 7.17. The summed E-state index contributed by atoms with van der Waals surface area (Å²) in [7, 11) is -1.39. The molecule has 4 nitrogen and oxygen atoms in total. The second kappa shape index (κ2) is 6.34. The molecule has 0 aliphatic carbocycles. The molecule has 1 heterocycles. The molecule has 104 valence electrons. The Morgan fingerprint density at radius 3 is 1.42 bits per heavy atom. The maximum Gasteiger partial charge on any atom is 0.309 e. The molecule has 2 unspecified atom stereocenters. The van der Waals surface area contributed by atoms with Crippen LogP contribution < -0.4 is 0 Å². The van der Waals surface area contributed by atoms with Crippen LogP contribution in [0.4, 0.5) is 0 Å². The van der Waals surface area contributed by atoms with E-state index in [1.54, 1.807) is 6.92 Å². The van der Waals surface area contributed by atoms with Crippen LogP contribution in [-0.2, 0) is 10.2 Å². The van der Waals surface area contributed by atoms with Crippen LogP contribution >= 0.6 is 12.4 Å². The van der Waals surface area contributed by atoms with Crippen molar-refractivity contribution in [2.75, 3.05) is 13.6 Å². The minimum absolute atomic E-state index is 0. The summed E-state index contributed by atoms with van der Waals surface area (Å²) in [6.45, 7) is 2.33. The maximum absolute atomic E-state index is 10.5. The van der Waals surface area contributed by atoms with Crippen LogP contribution in [0.3, 0.4) is 0 Å². The zero-order valence-corrected chi connectivity index (χ0v) is 12.5. The van der Waals surface area contributed by atoms with Gasteiger partial charge in [-0.3, -0.25) is 0 Å². The average molecular weight is 301 g/mol. The molecule has 2 aromatic rings. The van der Waals surface area contributed by atoms with Gasteiger partial charge in [0.15, 0.2) is 0 Å². The van der Waals surface area contributed by atoms with E-state index in [0.29, 0.717) is 6.54 Å². The van der Waals surface area contributed by atoms with Crippen LogP contribution in [0.5, 0.6) is 0 Å². The van der Waals surface area contributed by atoms with E-state index in [9.17, 15) is 8.42 Å². The smallest absolute Gasteiger partial charge is 0.192 e. The Morgan fingerprint density at radius 1 is 0.947 bits per heavy atom. The van der Waals surface area contributed by atoms with Gasteiger partial charge >= 0.3 is 10.2 Å². The molecule has 0 saturated carbocycles. The molecule has 2 atom stereocenters. The summed E-state index contributed by atoms with van der Waals surface area (Å²) >= 11 is 0. The lowest BCUT2D eigenvalue weighted by atomic mass is 10.1. The summed E-state index contributed by atoms with van der Waals surface area (Å²) in [5, 5.41) is 2.62. The molecule has 0 spiro atoms. The molecule has 0 amide bonds. The number of hydrazine groups is 1. The van der Waals surface area contributed by atoms with Gasteiger partial charge in [0.05, 0.1) is 0 Å². The Bertz CT molecular complexity index is 580. The molecule has 0 bridgehead atoms. The Balaban J connectivity index is 0.000000185. The van der Waals surface area contributed by atoms with E-state index in [2.05, 4.69) is 48.5 Å². The quantitative estimate of drug-likeness (QED) is 0.760. The van der Waals surface area contributed by atoms with E-state index < -0.39 is 10.2 Å². The second-order valence-electron chi connectivity index (χ2n) is 3.93. The Kier molecular flexibility index (Phi) is 5.31. The number of halogens is 1. The van der Waals surface area contributed by atoms with Gasteiger partial charge in [-0.15, -0.1) is 21.2 Å². The van der Waals surface area contributed by atoms with Crippen molar-refractivity contribution in [3.8, 4) is 0 Å². The van der Waals surface area contributed by atoms with Crippen LogP contribution in [0.2, 0.25) is 0 Å². The Morgan fingerprint density at radius 2 is 1.26 bits per heavy atom. The zero-order valence-electron chi connectivity index (χ0n) is 10.9. The number of fused-ring (bicyclic) bond motifs is 1. The highest BCUT2D eigenvalue weighted by Crippen LogP contribution is 2.23. The van der Waals surface area contributed by atoms with E-state index in [1.165, 1.54) is 26.6 Å². The fraction of sp³-hybridized carbons (Fsp3) is 0.231. The first-order chi connectivity index (χ1) is 8.57. The van der Waals surface area contributed by atoms with Gasteiger partial charge in [-0.1, -0.05) is 48.5 Å². The van der Waals surface area contributed by atoms with Crippen molar-refractivity contribution in [3.63, 3.8) is 0 Å². The molecule has 2 aromatic carbocycles. The first-order valence-electron chi connectivity index (χ1n) is 5.77. The van der Waals surface area contributed by atoms with E-state index in [1.807, 2.05) is 0 Å². The molecule has 0 aromatic heterocycles. The van der Waals surface area contributed by atoms with E-state index in [4.69, 9.17) is 0 Å². The lowest BCUT2D eigenvalue weighted by molar-refractivity contribution is 0.368. The van der Waals surface area contributed by atoms with Gasteiger partial charge in [-0.25, -0.2) is 0 Å². The van der Waals surface area contributed by atoms with Crippen LogP contribution in [0.25, 0.3) is 10.8 Å². The predicted molar refractivity (Wildman–Crippen MR) is 80.3 cm³/mol. The summed E-state index contributed by atoms with van der Waals surface area (Å²) in [5.41, 5.74) is 0. The van der Waals surface area contributed by atoms with Crippen molar-refractivity contribution >= 4 is 33.4 Å².